The Morgan fingerprint density at radius 2 is 2.00 bits per heavy atom. The van der Waals surface area contributed by atoms with Crippen LogP contribution in [0.2, 0.25) is 0 Å². The van der Waals surface area contributed by atoms with Gasteiger partial charge in [-0.3, -0.25) is 4.84 Å². The quantitative estimate of drug-likeness (QED) is 0.437. The first-order valence-electron chi connectivity index (χ1n) is 7.09. The Bertz CT molecular complexity index is 391. The zero-order valence-electron chi connectivity index (χ0n) is 13.5. The molecule has 0 spiro atoms. The predicted molar refractivity (Wildman–Crippen MR) is 73.5 cm³/mol. The van der Waals surface area contributed by atoms with Crippen LogP contribution in [-0.4, -0.2) is 61.1 Å². The number of methoxy groups -OCH3 is 1. The van der Waals surface area contributed by atoms with E-state index in [1.165, 1.54) is 5.06 Å². The Kier molecular flexibility index (Phi) is 4.49. The van der Waals surface area contributed by atoms with Crippen LogP contribution in [0.25, 0.3) is 0 Å². The molecule has 0 bridgehead atoms. The molecule has 0 aliphatic carbocycles. The Balaban J connectivity index is 1.89. The van der Waals surface area contributed by atoms with Crippen molar-refractivity contribution in [3.8, 4) is 0 Å². The van der Waals surface area contributed by atoms with E-state index in [9.17, 15) is 4.79 Å². The Morgan fingerprint density at radius 3 is 2.52 bits per heavy atom. The number of hydrogen-bond donors (Lipinski definition) is 0. The van der Waals surface area contributed by atoms with Crippen LogP contribution in [0.5, 0.6) is 0 Å². The first-order chi connectivity index (χ1) is 9.65. The molecule has 2 fully saturated rings. The smallest absolute Gasteiger partial charge is 0.434 e. The molecular weight excluding hydrogens is 278 g/mol. The summed E-state index contributed by atoms with van der Waals surface area (Å²) in [6, 6.07) is -0.177. The Hall–Kier alpha value is -0.890. The Morgan fingerprint density at radius 1 is 1.33 bits per heavy atom. The summed E-state index contributed by atoms with van der Waals surface area (Å²) in [5.74, 6) is 0. The van der Waals surface area contributed by atoms with Crippen molar-refractivity contribution in [1.82, 2.24) is 5.06 Å². The summed E-state index contributed by atoms with van der Waals surface area (Å²) in [5.41, 5.74) is -1.02. The van der Waals surface area contributed by atoms with Gasteiger partial charge in [-0.1, -0.05) is 0 Å². The molecule has 0 aromatic carbocycles. The van der Waals surface area contributed by atoms with Crippen molar-refractivity contribution in [3.63, 3.8) is 0 Å². The van der Waals surface area contributed by atoms with Gasteiger partial charge >= 0.3 is 6.09 Å². The Labute approximate surface area is 125 Å². The second-order valence-corrected chi connectivity index (χ2v) is 6.86. The van der Waals surface area contributed by atoms with Gasteiger partial charge in [0.15, 0.2) is 0 Å². The lowest BCUT2D eigenvalue weighted by molar-refractivity contribution is -0.359. The van der Waals surface area contributed by atoms with Gasteiger partial charge in [0.25, 0.3) is 0 Å². The fourth-order valence-electron chi connectivity index (χ4n) is 2.40. The van der Waals surface area contributed by atoms with E-state index in [4.69, 9.17) is 23.8 Å². The molecule has 0 N–H and O–H groups in total. The van der Waals surface area contributed by atoms with Crippen molar-refractivity contribution >= 4 is 6.09 Å². The van der Waals surface area contributed by atoms with Gasteiger partial charge in [-0.15, -0.1) is 0 Å². The van der Waals surface area contributed by atoms with E-state index in [0.29, 0.717) is 6.61 Å². The van der Waals surface area contributed by atoms with Crippen LogP contribution < -0.4 is 0 Å². The molecule has 2 aliphatic rings. The molecule has 2 heterocycles. The molecule has 7 nitrogen and oxygen atoms in total. The first-order valence-corrected chi connectivity index (χ1v) is 7.09. The van der Waals surface area contributed by atoms with Crippen molar-refractivity contribution in [2.24, 2.45) is 0 Å². The summed E-state index contributed by atoms with van der Waals surface area (Å²) >= 11 is 0. The molecule has 122 valence electrons. The summed E-state index contributed by atoms with van der Waals surface area (Å²) in [7, 11) is 1.57. The van der Waals surface area contributed by atoms with E-state index >= 15 is 0 Å². The zero-order chi connectivity index (χ0) is 15.8. The number of carbonyl (C=O) groups excluding carboxylic acids is 1. The van der Waals surface area contributed by atoms with Crippen molar-refractivity contribution < 1.29 is 28.6 Å². The maximum absolute atomic E-state index is 12.1. The standard InChI is InChI=1S/C14H25NO6/c1-13(2,3)20-12(16)15-11(14(4,5)21-15)10-9(19-10)7-18-8-17-6/h9-11H,7-8H2,1-6H3/t9-,10-,11-/m1/s1. The third kappa shape index (κ3) is 3.85. The van der Waals surface area contributed by atoms with Crippen LogP contribution >= 0.6 is 0 Å². The molecule has 21 heavy (non-hydrogen) atoms. The van der Waals surface area contributed by atoms with Gasteiger partial charge in [0.1, 0.15) is 36.2 Å². The topological polar surface area (TPSA) is 69.8 Å². The second kappa shape index (κ2) is 5.72. The maximum atomic E-state index is 12.1. The fourth-order valence-corrected chi connectivity index (χ4v) is 2.40. The van der Waals surface area contributed by atoms with E-state index in [1.807, 2.05) is 34.6 Å². The molecule has 1 amide bonds. The van der Waals surface area contributed by atoms with E-state index in [2.05, 4.69) is 0 Å². The maximum Gasteiger partial charge on any atom is 0.434 e. The average molecular weight is 303 g/mol. The number of nitrogens with zero attached hydrogens (tertiary/aromatic N) is 1. The SMILES string of the molecule is COCOC[C@H]1O[C@H]1[C@H]1N(C(=O)OC(C)(C)C)OC1(C)C. The van der Waals surface area contributed by atoms with E-state index in [-0.39, 0.29) is 25.0 Å². The van der Waals surface area contributed by atoms with E-state index < -0.39 is 17.3 Å². The summed E-state index contributed by atoms with van der Waals surface area (Å²) in [4.78, 5) is 17.6. The van der Waals surface area contributed by atoms with Crippen molar-refractivity contribution in [2.75, 3.05) is 20.5 Å². The summed E-state index contributed by atoms with van der Waals surface area (Å²) in [6.07, 6.45) is -0.629. The van der Waals surface area contributed by atoms with Crippen LogP contribution in [0.1, 0.15) is 34.6 Å². The predicted octanol–water partition coefficient (Wildman–Crippen LogP) is 1.70. The highest BCUT2D eigenvalue weighted by Crippen LogP contribution is 2.43. The number of hydrogen-bond acceptors (Lipinski definition) is 6. The molecule has 0 aromatic heterocycles. The number of ether oxygens (including phenoxy) is 4. The van der Waals surface area contributed by atoms with E-state index in [0.717, 1.165) is 0 Å². The second-order valence-electron chi connectivity index (χ2n) is 6.86. The minimum absolute atomic E-state index is 0.0433. The van der Waals surface area contributed by atoms with Gasteiger partial charge < -0.3 is 18.9 Å². The molecule has 7 heteroatoms. The highest BCUT2D eigenvalue weighted by molar-refractivity contribution is 5.68. The van der Waals surface area contributed by atoms with Crippen molar-refractivity contribution in [2.45, 2.75) is 64.1 Å². The van der Waals surface area contributed by atoms with Crippen LogP contribution in [0.3, 0.4) is 0 Å². The van der Waals surface area contributed by atoms with Crippen LogP contribution in [-0.2, 0) is 23.8 Å². The molecular formula is C14H25NO6. The number of amides is 1. The van der Waals surface area contributed by atoms with E-state index in [1.54, 1.807) is 7.11 Å². The monoisotopic (exact) mass is 303 g/mol. The first kappa shape index (κ1) is 16.5. The zero-order valence-corrected chi connectivity index (χ0v) is 13.5. The summed E-state index contributed by atoms with van der Waals surface area (Å²) in [6.45, 7) is 9.97. The largest absolute Gasteiger partial charge is 0.442 e. The average Bonchev–Trinajstić information content (AvgIpc) is 3.03. The fraction of sp³-hybridized carbons (Fsp3) is 0.929. The molecule has 0 aromatic rings. The lowest BCUT2D eigenvalue weighted by Crippen LogP contribution is -2.69. The van der Waals surface area contributed by atoms with Crippen LogP contribution in [0, 0.1) is 0 Å². The summed E-state index contributed by atoms with van der Waals surface area (Å²) < 4.78 is 21.0. The van der Waals surface area contributed by atoms with Crippen molar-refractivity contribution in [1.29, 1.82) is 0 Å². The number of hydroxylamine groups is 2. The number of epoxide rings is 1. The molecule has 0 radical (unpaired) electrons. The van der Waals surface area contributed by atoms with Gasteiger partial charge in [-0.2, -0.15) is 5.06 Å². The van der Waals surface area contributed by atoms with Gasteiger partial charge in [0.2, 0.25) is 0 Å². The summed E-state index contributed by atoms with van der Waals surface area (Å²) in [5, 5.41) is 1.27. The normalized spacial score (nSPS) is 30.8. The highest BCUT2D eigenvalue weighted by Gasteiger charge is 2.63. The molecule has 2 rings (SSSR count). The lowest BCUT2D eigenvalue weighted by atomic mass is 9.91. The van der Waals surface area contributed by atoms with Crippen LogP contribution in [0.15, 0.2) is 0 Å². The molecule has 0 unspecified atom stereocenters. The van der Waals surface area contributed by atoms with Gasteiger partial charge in [0, 0.05) is 7.11 Å². The number of rotatable bonds is 5. The minimum Gasteiger partial charge on any atom is -0.442 e. The van der Waals surface area contributed by atoms with Gasteiger partial charge in [0.05, 0.1) is 6.61 Å². The number of carbonyl (C=O) groups is 1. The molecule has 2 aliphatic heterocycles. The molecule has 0 saturated carbocycles. The van der Waals surface area contributed by atoms with Crippen molar-refractivity contribution in [3.05, 3.63) is 0 Å². The van der Waals surface area contributed by atoms with Gasteiger partial charge in [-0.25, -0.2) is 4.79 Å². The van der Waals surface area contributed by atoms with Crippen LogP contribution in [0.4, 0.5) is 4.79 Å². The highest BCUT2D eigenvalue weighted by atomic mass is 16.8. The lowest BCUT2D eigenvalue weighted by Gasteiger charge is -2.51. The van der Waals surface area contributed by atoms with Gasteiger partial charge in [-0.05, 0) is 34.6 Å². The third-order valence-electron chi connectivity index (χ3n) is 3.29. The molecule has 2 saturated heterocycles. The third-order valence-corrected chi connectivity index (χ3v) is 3.29. The molecule has 3 atom stereocenters. The minimum atomic E-state index is -0.559.